The fourth-order valence-corrected chi connectivity index (χ4v) is 3.66. The number of aromatic nitrogens is 1. The standard InChI is InChI=1S/C10H14N2O4S2/c1-2-16-9(13)8-7-17-10(11-8)12-3-5-18(14,15)6-4-12/h7H,2-6H2,1H3. The zero-order chi connectivity index (χ0) is 13.2. The minimum absolute atomic E-state index is 0.140. The maximum atomic E-state index is 11.5. The Morgan fingerprint density at radius 3 is 2.78 bits per heavy atom. The predicted octanol–water partition coefficient (Wildman–Crippen LogP) is 0.555. The zero-order valence-corrected chi connectivity index (χ0v) is 11.6. The van der Waals surface area contributed by atoms with E-state index in [9.17, 15) is 13.2 Å². The SMILES string of the molecule is CCOC(=O)c1csc(N2CCS(=O)(=O)CC2)n1. The molecule has 1 aliphatic heterocycles. The van der Waals surface area contributed by atoms with Gasteiger partial charge < -0.3 is 9.64 Å². The average Bonchev–Trinajstić information content (AvgIpc) is 2.79. The van der Waals surface area contributed by atoms with Crippen LogP contribution in [0.2, 0.25) is 0 Å². The Hall–Kier alpha value is -1.15. The van der Waals surface area contributed by atoms with Crippen LogP contribution < -0.4 is 4.90 Å². The van der Waals surface area contributed by atoms with Gasteiger partial charge in [0.25, 0.3) is 0 Å². The number of nitrogens with zero attached hydrogens (tertiary/aromatic N) is 2. The molecular weight excluding hydrogens is 276 g/mol. The second-order valence-electron chi connectivity index (χ2n) is 3.87. The van der Waals surface area contributed by atoms with E-state index >= 15 is 0 Å². The topological polar surface area (TPSA) is 76.6 Å². The first-order chi connectivity index (χ1) is 8.52. The largest absolute Gasteiger partial charge is 0.461 e. The summed E-state index contributed by atoms with van der Waals surface area (Å²) < 4.78 is 27.5. The van der Waals surface area contributed by atoms with E-state index in [4.69, 9.17) is 4.74 Å². The van der Waals surface area contributed by atoms with Gasteiger partial charge in [-0.2, -0.15) is 0 Å². The van der Waals surface area contributed by atoms with Crippen molar-refractivity contribution in [3.63, 3.8) is 0 Å². The van der Waals surface area contributed by atoms with Gasteiger partial charge in [0.2, 0.25) is 0 Å². The normalized spacial score (nSPS) is 18.6. The maximum Gasteiger partial charge on any atom is 0.357 e. The van der Waals surface area contributed by atoms with Gasteiger partial charge in [-0.05, 0) is 6.92 Å². The molecule has 0 unspecified atom stereocenters. The fraction of sp³-hybridized carbons (Fsp3) is 0.600. The predicted molar refractivity (Wildman–Crippen MR) is 68.9 cm³/mol. The van der Waals surface area contributed by atoms with E-state index in [-0.39, 0.29) is 17.2 Å². The van der Waals surface area contributed by atoms with E-state index < -0.39 is 15.8 Å². The van der Waals surface area contributed by atoms with Crippen molar-refractivity contribution >= 4 is 32.3 Å². The van der Waals surface area contributed by atoms with E-state index in [1.54, 1.807) is 12.3 Å². The fourth-order valence-electron chi connectivity index (χ4n) is 1.61. The molecule has 1 saturated heterocycles. The van der Waals surface area contributed by atoms with Crippen molar-refractivity contribution in [2.24, 2.45) is 0 Å². The average molecular weight is 290 g/mol. The summed E-state index contributed by atoms with van der Waals surface area (Å²) >= 11 is 1.33. The summed E-state index contributed by atoms with van der Waals surface area (Å²) in [5, 5.41) is 2.31. The molecule has 1 aromatic rings. The van der Waals surface area contributed by atoms with Gasteiger partial charge in [-0.3, -0.25) is 0 Å². The Morgan fingerprint density at radius 1 is 1.50 bits per heavy atom. The highest BCUT2D eigenvalue weighted by molar-refractivity contribution is 7.91. The van der Waals surface area contributed by atoms with Crippen molar-refractivity contribution in [2.45, 2.75) is 6.92 Å². The van der Waals surface area contributed by atoms with E-state index in [1.807, 2.05) is 4.90 Å². The van der Waals surface area contributed by atoms with Crippen LogP contribution in [0.1, 0.15) is 17.4 Å². The van der Waals surface area contributed by atoms with Crippen LogP contribution >= 0.6 is 11.3 Å². The van der Waals surface area contributed by atoms with Crippen LogP contribution in [-0.2, 0) is 14.6 Å². The van der Waals surface area contributed by atoms with Crippen molar-refractivity contribution < 1.29 is 17.9 Å². The zero-order valence-electron chi connectivity index (χ0n) is 9.96. The van der Waals surface area contributed by atoms with Crippen molar-refractivity contribution in [2.75, 3.05) is 36.1 Å². The molecule has 1 aliphatic rings. The molecule has 2 rings (SSSR count). The number of esters is 1. The highest BCUT2D eigenvalue weighted by atomic mass is 32.2. The molecule has 0 atom stereocenters. The number of rotatable bonds is 3. The molecule has 1 aromatic heterocycles. The summed E-state index contributed by atoms with van der Waals surface area (Å²) in [6.07, 6.45) is 0. The van der Waals surface area contributed by atoms with E-state index in [1.165, 1.54) is 11.3 Å². The Balaban J connectivity index is 2.05. The number of carbonyl (C=O) groups excluding carboxylic acids is 1. The summed E-state index contributed by atoms with van der Waals surface area (Å²) in [5.74, 6) is -0.160. The molecular formula is C10H14N2O4S2. The molecule has 18 heavy (non-hydrogen) atoms. The first-order valence-electron chi connectivity index (χ1n) is 5.60. The smallest absolute Gasteiger partial charge is 0.357 e. The molecule has 0 aliphatic carbocycles. The van der Waals surface area contributed by atoms with Crippen LogP contribution in [0.5, 0.6) is 0 Å². The highest BCUT2D eigenvalue weighted by Crippen LogP contribution is 2.22. The minimum Gasteiger partial charge on any atom is -0.461 e. The van der Waals surface area contributed by atoms with Crippen LogP contribution in [0, 0.1) is 0 Å². The van der Waals surface area contributed by atoms with Gasteiger partial charge >= 0.3 is 5.97 Å². The molecule has 0 saturated carbocycles. The molecule has 0 radical (unpaired) electrons. The summed E-state index contributed by atoms with van der Waals surface area (Å²) in [4.78, 5) is 17.5. The van der Waals surface area contributed by atoms with E-state index in [2.05, 4.69) is 4.98 Å². The Morgan fingerprint density at radius 2 is 2.17 bits per heavy atom. The van der Waals surface area contributed by atoms with Crippen LogP contribution in [0.3, 0.4) is 0 Å². The third-order valence-electron chi connectivity index (χ3n) is 2.59. The second-order valence-corrected chi connectivity index (χ2v) is 7.01. The van der Waals surface area contributed by atoms with Gasteiger partial charge in [-0.1, -0.05) is 0 Å². The lowest BCUT2D eigenvalue weighted by molar-refractivity contribution is 0.0520. The molecule has 2 heterocycles. The van der Waals surface area contributed by atoms with Gasteiger partial charge in [0.05, 0.1) is 18.1 Å². The number of carbonyl (C=O) groups is 1. The third kappa shape index (κ3) is 2.99. The summed E-state index contributed by atoms with van der Waals surface area (Å²) in [7, 11) is -2.90. The number of thiazole rings is 1. The number of hydrogen-bond acceptors (Lipinski definition) is 7. The molecule has 100 valence electrons. The molecule has 8 heteroatoms. The lowest BCUT2D eigenvalue weighted by atomic mass is 10.5. The molecule has 0 spiro atoms. The Kier molecular flexibility index (Phi) is 3.86. The van der Waals surface area contributed by atoms with E-state index in [0.29, 0.717) is 24.8 Å². The maximum absolute atomic E-state index is 11.5. The van der Waals surface area contributed by atoms with Crippen molar-refractivity contribution in [1.82, 2.24) is 4.98 Å². The lowest BCUT2D eigenvalue weighted by Crippen LogP contribution is -2.40. The first kappa shape index (κ1) is 13.3. The molecule has 0 bridgehead atoms. The molecule has 0 N–H and O–H groups in total. The molecule has 0 aromatic carbocycles. The van der Waals surface area contributed by atoms with Gasteiger partial charge in [0.1, 0.15) is 0 Å². The Labute approximate surface area is 110 Å². The van der Waals surface area contributed by atoms with Crippen molar-refractivity contribution in [3.05, 3.63) is 11.1 Å². The van der Waals surface area contributed by atoms with Crippen LogP contribution in [0.15, 0.2) is 5.38 Å². The van der Waals surface area contributed by atoms with Gasteiger partial charge in [-0.15, -0.1) is 11.3 Å². The van der Waals surface area contributed by atoms with Crippen molar-refractivity contribution in [3.8, 4) is 0 Å². The van der Waals surface area contributed by atoms with Crippen LogP contribution in [0.25, 0.3) is 0 Å². The number of anilines is 1. The number of sulfone groups is 1. The van der Waals surface area contributed by atoms with Gasteiger partial charge in [-0.25, -0.2) is 18.2 Å². The summed E-state index contributed by atoms with van der Waals surface area (Å²) in [5.41, 5.74) is 0.283. The number of ether oxygens (including phenoxy) is 1. The summed E-state index contributed by atoms with van der Waals surface area (Å²) in [6.45, 7) is 2.91. The Bertz CT molecular complexity index is 524. The summed E-state index contributed by atoms with van der Waals surface area (Å²) in [6, 6.07) is 0. The lowest BCUT2D eigenvalue weighted by Gasteiger charge is -2.25. The molecule has 0 amide bonds. The minimum atomic E-state index is -2.90. The first-order valence-corrected chi connectivity index (χ1v) is 8.30. The van der Waals surface area contributed by atoms with Crippen LogP contribution in [-0.4, -0.2) is 50.6 Å². The number of hydrogen-bond donors (Lipinski definition) is 0. The monoisotopic (exact) mass is 290 g/mol. The van der Waals surface area contributed by atoms with Crippen molar-refractivity contribution in [1.29, 1.82) is 0 Å². The molecule has 6 nitrogen and oxygen atoms in total. The second kappa shape index (κ2) is 5.23. The van der Waals surface area contributed by atoms with Crippen LogP contribution in [0.4, 0.5) is 5.13 Å². The van der Waals surface area contributed by atoms with Gasteiger partial charge in [0, 0.05) is 18.5 Å². The van der Waals surface area contributed by atoms with E-state index in [0.717, 1.165) is 0 Å². The highest BCUT2D eigenvalue weighted by Gasteiger charge is 2.24. The molecule has 1 fully saturated rings. The third-order valence-corrected chi connectivity index (χ3v) is 5.10. The quantitative estimate of drug-likeness (QED) is 0.757. The van der Waals surface area contributed by atoms with Gasteiger partial charge in [0.15, 0.2) is 20.7 Å².